The second-order valence-corrected chi connectivity index (χ2v) is 1.17. The van der Waals surface area contributed by atoms with Gasteiger partial charge in [-0.3, -0.25) is 7.05 Å². The Balaban J connectivity index is -0.0000000750. The van der Waals surface area contributed by atoms with Crippen molar-refractivity contribution < 1.29 is 21.1 Å². The zero-order valence-electron chi connectivity index (χ0n) is 5.98. The molecule has 1 nitrogen and oxygen atoms in total. The molecule has 0 amide bonds. The van der Waals surface area contributed by atoms with Crippen molar-refractivity contribution in [1.82, 2.24) is 4.90 Å². The molecule has 8 heavy (non-hydrogen) atoms. The molecule has 50 valence electrons. The molecule has 0 saturated carbocycles. The summed E-state index contributed by atoms with van der Waals surface area (Å²) in [6.07, 6.45) is 0. The van der Waals surface area contributed by atoms with Crippen molar-refractivity contribution >= 4 is 0 Å². The molecule has 2 heteroatoms. The van der Waals surface area contributed by atoms with Crippen LogP contribution in [0.2, 0.25) is 0 Å². The summed E-state index contributed by atoms with van der Waals surface area (Å²) in [4.78, 5) is 1.88. The minimum Gasteiger partial charge on any atom is -0.462 e. The third-order valence-electron chi connectivity index (χ3n) is 0.540. The van der Waals surface area contributed by atoms with Crippen LogP contribution < -0.4 is 0 Å². The van der Waals surface area contributed by atoms with Crippen molar-refractivity contribution in [3.05, 3.63) is 14.0 Å². The summed E-state index contributed by atoms with van der Waals surface area (Å²) in [6, 6.07) is 0. The molecular weight excluding hydrogens is 270 g/mol. The average Bonchev–Trinajstić information content (AvgIpc) is 1.73. The maximum absolute atomic E-state index is 3.59. The molecule has 0 aromatic heterocycles. The maximum Gasteiger partial charge on any atom is 2.00 e. The Kier molecular flexibility index (Phi) is 31.0. The molecule has 0 aromatic rings. The normalized spacial score (nSPS) is 6.75. The number of rotatable bonds is 1. The monoisotopic (exact) mass is 285 g/mol. The van der Waals surface area contributed by atoms with Crippen molar-refractivity contribution in [1.29, 1.82) is 0 Å². The quantitative estimate of drug-likeness (QED) is 0.661. The first-order valence-electron chi connectivity index (χ1n) is 2.49. The Morgan fingerprint density at radius 2 is 1.50 bits per heavy atom. The largest absolute Gasteiger partial charge is 2.00 e. The summed E-state index contributed by atoms with van der Waals surface area (Å²) in [5.74, 6) is 0. The van der Waals surface area contributed by atoms with Gasteiger partial charge in [-0.2, -0.15) is 6.92 Å². The third-order valence-corrected chi connectivity index (χ3v) is 0.540. The molecule has 0 bridgehead atoms. The number of nitrogens with zero attached hydrogens (tertiary/aromatic N) is 1. The maximum atomic E-state index is 3.59. The van der Waals surface area contributed by atoms with E-state index in [9.17, 15) is 0 Å². The van der Waals surface area contributed by atoms with E-state index in [1.165, 1.54) is 0 Å². The molecule has 0 fully saturated rings. The molecule has 0 N–H and O–H groups in total. The fourth-order valence-corrected chi connectivity index (χ4v) is 0. The second kappa shape index (κ2) is 15.6. The Morgan fingerprint density at radius 3 is 1.50 bits per heavy atom. The first-order valence-corrected chi connectivity index (χ1v) is 2.49. The fourth-order valence-electron chi connectivity index (χ4n) is 0. The van der Waals surface area contributed by atoms with Crippen molar-refractivity contribution in [3.8, 4) is 0 Å². The Bertz CT molecular complexity index is 22.5. The van der Waals surface area contributed by atoms with Crippen LogP contribution in [-0.2, 0) is 21.1 Å². The van der Waals surface area contributed by atoms with Gasteiger partial charge < -0.3 is 11.8 Å². The van der Waals surface area contributed by atoms with E-state index in [1.807, 2.05) is 11.9 Å². The van der Waals surface area contributed by atoms with Crippen LogP contribution in [0, 0.1) is 14.0 Å². The van der Waals surface area contributed by atoms with E-state index in [1.54, 1.807) is 6.92 Å². The van der Waals surface area contributed by atoms with Gasteiger partial charge >= 0.3 is 21.1 Å². The van der Waals surface area contributed by atoms with Gasteiger partial charge in [-0.15, -0.1) is 0 Å². The average molecular weight is 285 g/mol. The van der Waals surface area contributed by atoms with Gasteiger partial charge in [-0.1, -0.05) is 6.92 Å². The van der Waals surface area contributed by atoms with Crippen LogP contribution in [0.1, 0.15) is 13.8 Å². The zero-order valence-corrected chi connectivity index (χ0v) is 8.91. The molecule has 0 heterocycles. The van der Waals surface area contributed by atoms with Gasteiger partial charge in [0.25, 0.3) is 0 Å². The van der Waals surface area contributed by atoms with Crippen molar-refractivity contribution in [2.24, 2.45) is 0 Å². The topological polar surface area (TPSA) is 3.24 Å². The summed E-state index contributed by atoms with van der Waals surface area (Å²) < 4.78 is 0. The molecule has 0 atom stereocenters. The Hall–Kier alpha value is 0.648. The summed E-state index contributed by atoms with van der Waals surface area (Å²) >= 11 is 0. The Morgan fingerprint density at radius 1 is 1.38 bits per heavy atom. The molecule has 0 aliphatic rings. The summed E-state index contributed by atoms with van der Waals surface area (Å²) in [5.41, 5.74) is 0. The van der Waals surface area contributed by atoms with Gasteiger partial charge in [-0.05, 0) is 13.6 Å². The van der Waals surface area contributed by atoms with Crippen LogP contribution in [0.25, 0.3) is 0 Å². The second-order valence-electron chi connectivity index (χ2n) is 1.17. The summed E-state index contributed by atoms with van der Waals surface area (Å²) in [6.45, 7) is 8.09. The van der Waals surface area contributed by atoms with Gasteiger partial charge in [0.2, 0.25) is 0 Å². The molecule has 0 rings (SSSR count). The number of hydrogen-bond acceptors (Lipinski definition) is 1. The van der Waals surface area contributed by atoms with Gasteiger partial charge in [0.05, 0.1) is 0 Å². The van der Waals surface area contributed by atoms with Crippen LogP contribution in [-0.4, -0.2) is 18.5 Å². The van der Waals surface area contributed by atoms with Gasteiger partial charge in [0.1, 0.15) is 0 Å². The van der Waals surface area contributed by atoms with Crippen LogP contribution >= 0.6 is 0 Å². The van der Waals surface area contributed by atoms with E-state index >= 15 is 0 Å². The van der Waals surface area contributed by atoms with E-state index < -0.39 is 0 Å². The van der Waals surface area contributed by atoms with Crippen LogP contribution in [0.5, 0.6) is 0 Å². The molecule has 0 unspecified atom stereocenters. The van der Waals surface area contributed by atoms with Crippen molar-refractivity contribution in [2.45, 2.75) is 13.8 Å². The smallest absolute Gasteiger partial charge is 0.462 e. The minimum atomic E-state index is 0. The molecule has 0 aromatic carbocycles. The van der Waals surface area contributed by atoms with E-state index in [4.69, 9.17) is 0 Å². The SMILES string of the molecule is [CH2-]C.[CH2-]N(C)CC.[W+2]. The fraction of sp³-hybridized carbons (Fsp3) is 0.667. The van der Waals surface area contributed by atoms with Crippen LogP contribution in [0.15, 0.2) is 0 Å². The predicted molar refractivity (Wildman–Crippen MR) is 34.7 cm³/mol. The molecule has 0 spiro atoms. The van der Waals surface area contributed by atoms with Gasteiger partial charge in [0, 0.05) is 0 Å². The van der Waals surface area contributed by atoms with Crippen molar-refractivity contribution in [2.75, 3.05) is 13.6 Å². The van der Waals surface area contributed by atoms with E-state index in [0.717, 1.165) is 6.54 Å². The van der Waals surface area contributed by atoms with Crippen molar-refractivity contribution in [3.63, 3.8) is 0 Å². The summed E-state index contributed by atoms with van der Waals surface area (Å²) in [5, 5.41) is 0. The number of hydrogen-bond donors (Lipinski definition) is 0. The molecule has 0 aliphatic heterocycles. The zero-order chi connectivity index (χ0) is 6.28. The first-order chi connectivity index (χ1) is 3.27. The van der Waals surface area contributed by atoms with E-state index in [-0.39, 0.29) is 21.1 Å². The molecular formula is C6H15NW. The van der Waals surface area contributed by atoms with E-state index in [2.05, 4.69) is 20.9 Å². The summed E-state index contributed by atoms with van der Waals surface area (Å²) in [7, 11) is 5.53. The van der Waals surface area contributed by atoms with Crippen LogP contribution in [0.4, 0.5) is 0 Å². The molecule has 0 saturated heterocycles. The molecule has 0 aliphatic carbocycles. The Labute approximate surface area is 67.7 Å². The third kappa shape index (κ3) is 30.2. The van der Waals surface area contributed by atoms with Gasteiger partial charge in [0.15, 0.2) is 0 Å². The van der Waals surface area contributed by atoms with Gasteiger partial charge in [-0.25, -0.2) is 0 Å². The first kappa shape index (κ1) is 15.9. The molecule has 0 radical (unpaired) electrons. The minimum absolute atomic E-state index is 0. The standard InChI is InChI=1S/C4H10N.C2H5.W/c1-4-5(2)3;1-2;/h2,4H2,1,3H3;1H2,2H3;/q2*-1;+2. The predicted octanol–water partition coefficient (Wildman–Crippen LogP) is 1.57. The van der Waals surface area contributed by atoms with E-state index in [0.29, 0.717) is 0 Å². The van der Waals surface area contributed by atoms with Crippen LogP contribution in [0.3, 0.4) is 0 Å².